The number of nitrogens with one attached hydrogen (secondary N) is 1. The molecule has 0 spiro atoms. The highest BCUT2D eigenvalue weighted by molar-refractivity contribution is 5.39. The molecule has 0 saturated carbocycles. The van der Waals surface area contributed by atoms with Crippen LogP contribution in [0, 0.1) is 13.8 Å². The summed E-state index contributed by atoms with van der Waals surface area (Å²) in [5.74, 6) is 0. The highest BCUT2D eigenvalue weighted by Crippen LogP contribution is 2.33. The lowest BCUT2D eigenvalue weighted by Gasteiger charge is -2.21. The van der Waals surface area contributed by atoms with Crippen LogP contribution in [0.5, 0.6) is 0 Å². The molecule has 2 nitrogen and oxygen atoms in total. The van der Waals surface area contributed by atoms with E-state index < -0.39 is 11.7 Å². The number of nitrogens with zero attached hydrogens (tertiary/aromatic N) is 1. The van der Waals surface area contributed by atoms with Gasteiger partial charge in [0.2, 0.25) is 0 Å². The fourth-order valence-electron chi connectivity index (χ4n) is 2.42. The Morgan fingerprint density at radius 3 is 2.33 bits per heavy atom. The van der Waals surface area contributed by atoms with Crippen molar-refractivity contribution in [3.63, 3.8) is 0 Å². The number of halogens is 3. The van der Waals surface area contributed by atoms with Crippen molar-refractivity contribution in [2.24, 2.45) is 0 Å². The van der Waals surface area contributed by atoms with E-state index in [1.165, 1.54) is 12.1 Å². The minimum Gasteiger partial charge on any atom is -0.308 e. The predicted octanol–water partition coefficient (Wildman–Crippen LogP) is 4.03. The number of alkyl halides is 3. The Balaban J connectivity index is 2.47. The normalized spacial score (nSPS) is 13.2. The highest BCUT2D eigenvalue weighted by atomic mass is 19.4. The second-order valence-electron chi connectivity index (χ2n) is 5.00. The maximum atomic E-state index is 12.7. The van der Waals surface area contributed by atoms with Gasteiger partial charge in [0, 0.05) is 6.20 Å². The van der Waals surface area contributed by atoms with Crippen LogP contribution >= 0.6 is 0 Å². The van der Waals surface area contributed by atoms with Gasteiger partial charge in [0.1, 0.15) is 0 Å². The summed E-state index contributed by atoms with van der Waals surface area (Å²) < 4.78 is 38.2. The van der Waals surface area contributed by atoms with Gasteiger partial charge in [-0.1, -0.05) is 12.1 Å². The number of pyridine rings is 1. The molecule has 2 rings (SSSR count). The summed E-state index contributed by atoms with van der Waals surface area (Å²) in [5.41, 5.74) is 2.58. The van der Waals surface area contributed by atoms with Gasteiger partial charge in [-0.25, -0.2) is 0 Å². The van der Waals surface area contributed by atoms with Crippen molar-refractivity contribution in [2.45, 2.75) is 26.1 Å². The van der Waals surface area contributed by atoms with Gasteiger partial charge in [-0.3, -0.25) is 4.98 Å². The standard InChI is InChI=1S/C16H17F3N2/c1-10-5-4-8-21-14(10)15(20-3)13-7-6-12(9-11(13)2)16(17,18)19/h4-9,15,20H,1-3H3. The van der Waals surface area contributed by atoms with Gasteiger partial charge in [0.15, 0.2) is 0 Å². The molecule has 1 aromatic carbocycles. The Hall–Kier alpha value is -1.88. The number of benzene rings is 1. The van der Waals surface area contributed by atoms with Crippen LogP contribution in [0.3, 0.4) is 0 Å². The van der Waals surface area contributed by atoms with E-state index in [4.69, 9.17) is 0 Å². The van der Waals surface area contributed by atoms with Gasteiger partial charge >= 0.3 is 6.18 Å². The topological polar surface area (TPSA) is 24.9 Å². The Kier molecular flexibility index (Phi) is 4.32. The molecule has 0 aliphatic heterocycles. The van der Waals surface area contributed by atoms with Crippen molar-refractivity contribution in [3.05, 3.63) is 64.5 Å². The molecule has 21 heavy (non-hydrogen) atoms. The quantitative estimate of drug-likeness (QED) is 0.924. The van der Waals surface area contributed by atoms with Crippen LogP contribution < -0.4 is 5.32 Å². The highest BCUT2D eigenvalue weighted by Gasteiger charge is 2.31. The molecule has 1 atom stereocenters. The second kappa shape index (κ2) is 5.85. The molecule has 0 aliphatic rings. The van der Waals surface area contributed by atoms with Crippen LogP contribution in [-0.4, -0.2) is 12.0 Å². The van der Waals surface area contributed by atoms with E-state index in [2.05, 4.69) is 10.3 Å². The first kappa shape index (κ1) is 15.5. The molecular weight excluding hydrogens is 277 g/mol. The van der Waals surface area contributed by atoms with Crippen LogP contribution in [-0.2, 0) is 6.18 Å². The van der Waals surface area contributed by atoms with E-state index in [0.29, 0.717) is 5.56 Å². The van der Waals surface area contributed by atoms with Gasteiger partial charge in [-0.15, -0.1) is 0 Å². The zero-order valence-corrected chi connectivity index (χ0v) is 12.1. The molecular formula is C16H17F3N2. The Morgan fingerprint density at radius 1 is 1.10 bits per heavy atom. The summed E-state index contributed by atoms with van der Waals surface area (Å²) in [6.07, 6.45) is -2.63. The van der Waals surface area contributed by atoms with Crippen molar-refractivity contribution in [1.29, 1.82) is 0 Å². The van der Waals surface area contributed by atoms with Crippen LogP contribution in [0.2, 0.25) is 0 Å². The molecule has 1 N–H and O–H groups in total. The van der Waals surface area contributed by atoms with Gasteiger partial charge in [-0.05, 0) is 55.8 Å². The third-order valence-corrected chi connectivity index (χ3v) is 3.52. The average Bonchev–Trinajstić information content (AvgIpc) is 2.42. The lowest BCUT2D eigenvalue weighted by atomic mass is 9.94. The second-order valence-corrected chi connectivity index (χ2v) is 5.00. The van der Waals surface area contributed by atoms with Gasteiger partial charge in [0.25, 0.3) is 0 Å². The van der Waals surface area contributed by atoms with Crippen molar-refractivity contribution >= 4 is 0 Å². The summed E-state index contributed by atoms with van der Waals surface area (Å²) in [6.45, 7) is 3.62. The minimum atomic E-state index is -4.32. The Morgan fingerprint density at radius 2 is 1.81 bits per heavy atom. The predicted molar refractivity (Wildman–Crippen MR) is 76.1 cm³/mol. The third-order valence-electron chi connectivity index (χ3n) is 3.52. The molecule has 1 unspecified atom stereocenters. The smallest absolute Gasteiger partial charge is 0.308 e. The van der Waals surface area contributed by atoms with Crippen LogP contribution in [0.15, 0.2) is 36.5 Å². The van der Waals surface area contributed by atoms with Crippen LogP contribution in [0.25, 0.3) is 0 Å². The minimum absolute atomic E-state index is 0.228. The van der Waals surface area contributed by atoms with E-state index in [1.807, 2.05) is 19.1 Å². The van der Waals surface area contributed by atoms with Crippen molar-refractivity contribution in [2.75, 3.05) is 7.05 Å². The summed E-state index contributed by atoms with van der Waals surface area (Å²) in [5, 5.41) is 3.13. The van der Waals surface area contributed by atoms with Gasteiger partial charge in [0.05, 0.1) is 17.3 Å². The van der Waals surface area contributed by atoms with Crippen LogP contribution in [0.1, 0.15) is 34.0 Å². The lowest BCUT2D eigenvalue weighted by Crippen LogP contribution is -2.21. The molecule has 0 bridgehead atoms. The molecule has 0 radical (unpaired) electrons. The van der Waals surface area contributed by atoms with Gasteiger partial charge < -0.3 is 5.32 Å². The van der Waals surface area contributed by atoms with Crippen molar-refractivity contribution in [3.8, 4) is 0 Å². The molecule has 1 heterocycles. The fraction of sp³-hybridized carbons (Fsp3) is 0.312. The third kappa shape index (κ3) is 3.24. The lowest BCUT2D eigenvalue weighted by molar-refractivity contribution is -0.137. The fourth-order valence-corrected chi connectivity index (χ4v) is 2.42. The summed E-state index contributed by atoms with van der Waals surface area (Å²) in [4.78, 5) is 4.35. The molecule has 5 heteroatoms. The van der Waals surface area contributed by atoms with Crippen molar-refractivity contribution < 1.29 is 13.2 Å². The zero-order valence-electron chi connectivity index (χ0n) is 12.1. The number of rotatable bonds is 3. The average molecular weight is 294 g/mol. The summed E-state index contributed by atoms with van der Waals surface area (Å²) in [7, 11) is 1.77. The first-order chi connectivity index (χ1) is 9.84. The van der Waals surface area contributed by atoms with E-state index in [1.54, 1.807) is 20.2 Å². The largest absolute Gasteiger partial charge is 0.416 e. The number of aromatic nitrogens is 1. The van der Waals surface area contributed by atoms with E-state index in [9.17, 15) is 13.2 Å². The first-order valence-electron chi connectivity index (χ1n) is 6.61. The monoisotopic (exact) mass is 294 g/mol. The first-order valence-corrected chi connectivity index (χ1v) is 6.61. The summed E-state index contributed by atoms with van der Waals surface area (Å²) in [6, 6.07) is 7.36. The molecule has 2 aromatic rings. The maximum Gasteiger partial charge on any atom is 0.416 e. The number of aryl methyl sites for hydroxylation is 2. The number of hydrogen-bond donors (Lipinski definition) is 1. The number of hydrogen-bond acceptors (Lipinski definition) is 2. The van der Waals surface area contributed by atoms with E-state index in [-0.39, 0.29) is 6.04 Å². The van der Waals surface area contributed by atoms with Crippen LogP contribution in [0.4, 0.5) is 13.2 Å². The molecule has 112 valence electrons. The Bertz CT molecular complexity index is 636. The molecule has 0 amide bonds. The SMILES string of the molecule is CNC(c1ccc(C(F)(F)F)cc1C)c1ncccc1C. The molecule has 0 aliphatic carbocycles. The maximum absolute atomic E-state index is 12.7. The van der Waals surface area contributed by atoms with Gasteiger partial charge in [-0.2, -0.15) is 13.2 Å². The van der Waals surface area contributed by atoms with E-state index >= 15 is 0 Å². The Labute approximate surface area is 122 Å². The molecule has 1 aromatic heterocycles. The van der Waals surface area contributed by atoms with E-state index in [0.717, 1.165) is 22.9 Å². The zero-order chi connectivity index (χ0) is 15.6. The molecule has 0 fully saturated rings. The summed E-state index contributed by atoms with van der Waals surface area (Å²) >= 11 is 0. The van der Waals surface area contributed by atoms with Crippen molar-refractivity contribution in [1.82, 2.24) is 10.3 Å². The molecule has 0 saturated heterocycles.